The Morgan fingerprint density at radius 1 is 1.17 bits per heavy atom. The summed E-state index contributed by atoms with van der Waals surface area (Å²) in [5, 5.41) is 2.81. The molecule has 1 atom stereocenters. The maximum atomic E-state index is 12.4. The van der Waals surface area contributed by atoms with Crippen LogP contribution in [-0.2, 0) is 9.53 Å². The first-order chi connectivity index (χ1) is 10.9. The summed E-state index contributed by atoms with van der Waals surface area (Å²) >= 11 is 15.0. The van der Waals surface area contributed by atoms with E-state index in [-0.39, 0.29) is 15.9 Å². The van der Waals surface area contributed by atoms with Gasteiger partial charge >= 0.3 is 5.97 Å². The number of carbonyl (C=O) groups excluding carboxylic acids is 2. The van der Waals surface area contributed by atoms with Gasteiger partial charge in [-0.1, -0.05) is 51.3 Å². The van der Waals surface area contributed by atoms with Gasteiger partial charge in [-0.15, -0.1) is 0 Å². The molecule has 0 radical (unpaired) electrons. The number of hydrogen-bond donors (Lipinski definition) is 1. The molecule has 1 amide bonds. The molecule has 0 saturated heterocycles. The highest BCUT2D eigenvalue weighted by Crippen LogP contribution is 2.21. The monoisotopic (exact) mass is 416 g/mol. The lowest BCUT2D eigenvalue weighted by molar-refractivity contribution is -0.143. The summed E-state index contributed by atoms with van der Waals surface area (Å²) in [6.45, 7) is 0. The molecule has 5 nitrogen and oxygen atoms in total. The average molecular weight is 418 g/mol. The molecule has 1 aromatic heterocycles. The van der Waals surface area contributed by atoms with Gasteiger partial charge in [0.1, 0.15) is 10.8 Å². The first kappa shape index (κ1) is 17.7. The topological polar surface area (TPSA) is 68.3 Å². The summed E-state index contributed by atoms with van der Waals surface area (Å²) in [6, 6.07) is 8.82. The number of halogens is 3. The number of aromatic nitrogens is 1. The maximum Gasteiger partial charge on any atom is 0.333 e. The fourth-order valence-electron chi connectivity index (χ4n) is 1.83. The second-order valence-electron chi connectivity index (χ2n) is 4.45. The molecule has 0 unspecified atom stereocenters. The molecule has 1 N–H and O–H groups in total. The molecule has 0 aliphatic carbocycles. The number of methoxy groups -OCH3 is 1. The van der Waals surface area contributed by atoms with E-state index in [1.807, 2.05) is 0 Å². The van der Waals surface area contributed by atoms with Gasteiger partial charge in [0.15, 0.2) is 6.04 Å². The van der Waals surface area contributed by atoms with Crippen LogP contribution in [0.25, 0.3) is 0 Å². The number of nitrogens with one attached hydrogen (secondary N) is 1. The summed E-state index contributed by atoms with van der Waals surface area (Å²) in [7, 11) is 1.24. The molecule has 0 aliphatic rings. The molecule has 1 heterocycles. The molecule has 0 aliphatic heterocycles. The Hall–Kier alpha value is -1.63. The number of esters is 1. The summed E-state index contributed by atoms with van der Waals surface area (Å²) in [5.74, 6) is -1.24. The van der Waals surface area contributed by atoms with E-state index in [1.54, 1.807) is 24.3 Å². The van der Waals surface area contributed by atoms with Crippen molar-refractivity contribution >= 4 is 51.0 Å². The SMILES string of the molecule is COC(=O)[C@H](NC(=O)c1nc(Cl)ccc1Cl)c1ccc(Br)cc1. The van der Waals surface area contributed by atoms with Crippen LogP contribution in [0.1, 0.15) is 22.1 Å². The van der Waals surface area contributed by atoms with Gasteiger partial charge in [0.05, 0.1) is 12.1 Å². The zero-order chi connectivity index (χ0) is 17.0. The highest BCUT2D eigenvalue weighted by atomic mass is 79.9. The first-order valence-electron chi connectivity index (χ1n) is 6.38. The summed E-state index contributed by atoms with van der Waals surface area (Å²) in [4.78, 5) is 28.2. The molecule has 0 saturated carbocycles. The Morgan fingerprint density at radius 2 is 1.83 bits per heavy atom. The predicted molar refractivity (Wildman–Crippen MR) is 90.6 cm³/mol. The number of hydrogen-bond acceptors (Lipinski definition) is 4. The smallest absolute Gasteiger partial charge is 0.333 e. The van der Waals surface area contributed by atoms with E-state index in [1.165, 1.54) is 19.2 Å². The first-order valence-corrected chi connectivity index (χ1v) is 7.93. The Labute approximate surface area is 151 Å². The zero-order valence-corrected chi connectivity index (χ0v) is 14.9. The average Bonchev–Trinajstić information content (AvgIpc) is 2.55. The number of carbonyl (C=O) groups is 2. The molecule has 0 fully saturated rings. The van der Waals surface area contributed by atoms with Crippen molar-refractivity contribution in [3.63, 3.8) is 0 Å². The molecule has 23 heavy (non-hydrogen) atoms. The highest BCUT2D eigenvalue weighted by Gasteiger charge is 2.25. The van der Waals surface area contributed by atoms with Crippen LogP contribution in [0.2, 0.25) is 10.2 Å². The minimum Gasteiger partial charge on any atom is -0.467 e. The fraction of sp³-hybridized carbons (Fsp3) is 0.133. The van der Waals surface area contributed by atoms with Crippen molar-refractivity contribution in [1.29, 1.82) is 0 Å². The molecular weight excluding hydrogens is 407 g/mol. The maximum absolute atomic E-state index is 12.4. The van der Waals surface area contributed by atoms with Crippen molar-refractivity contribution in [2.45, 2.75) is 6.04 Å². The van der Waals surface area contributed by atoms with E-state index in [4.69, 9.17) is 27.9 Å². The van der Waals surface area contributed by atoms with Crippen molar-refractivity contribution in [2.24, 2.45) is 0 Å². The number of benzene rings is 1. The minimum atomic E-state index is -0.988. The second kappa shape index (κ2) is 7.77. The van der Waals surface area contributed by atoms with Crippen LogP contribution in [0.5, 0.6) is 0 Å². The number of pyridine rings is 1. The summed E-state index contributed by atoms with van der Waals surface area (Å²) in [5.41, 5.74) is 0.497. The van der Waals surface area contributed by atoms with E-state index < -0.39 is 17.9 Å². The quantitative estimate of drug-likeness (QED) is 0.606. The van der Waals surface area contributed by atoms with Crippen molar-refractivity contribution in [3.05, 3.63) is 62.3 Å². The Morgan fingerprint density at radius 3 is 2.43 bits per heavy atom. The van der Waals surface area contributed by atoms with Gasteiger partial charge in [-0.25, -0.2) is 9.78 Å². The fourth-order valence-corrected chi connectivity index (χ4v) is 2.43. The standard InChI is InChI=1S/C15H11BrCl2N2O3/c1-23-15(22)12(8-2-4-9(16)5-3-8)20-14(21)13-10(17)6-7-11(18)19-13/h2-7,12H,1H3,(H,20,21)/t12-/m1/s1. The molecule has 1 aromatic carbocycles. The van der Waals surface area contributed by atoms with Crippen LogP contribution in [0.3, 0.4) is 0 Å². The number of amides is 1. The molecule has 2 rings (SSSR count). The van der Waals surface area contributed by atoms with E-state index >= 15 is 0 Å². The normalized spacial score (nSPS) is 11.7. The molecular formula is C15H11BrCl2N2O3. The van der Waals surface area contributed by atoms with Crippen LogP contribution >= 0.6 is 39.1 Å². The third kappa shape index (κ3) is 4.43. The van der Waals surface area contributed by atoms with Crippen LogP contribution in [0, 0.1) is 0 Å². The van der Waals surface area contributed by atoms with E-state index in [0.717, 1.165) is 4.47 Å². The number of nitrogens with zero attached hydrogens (tertiary/aromatic N) is 1. The lowest BCUT2D eigenvalue weighted by Gasteiger charge is -2.17. The van der Waals surface area contributed by atoms with Gasteiger partial charge in [-0.05, 0) is 29.8 Å². The summed E-state index contributed by atoms with van der Waals surface area (Å²) in [6.07, 6.45) is 0. The van der Waals surface area contributed by atoms with Crippen LogP contribution in [0.15, 0.2) is 40.9 Å². The van der Waals surface area contributed by atoms with Gasteiger partial charge < -0.3 is 10.1 Å². The number of rotatable bonds is 4. The third-order valence-electron chi connectivity index (χ3n) is 2.94. The van der Waals surface area contributed by atoms with Gasteiger partial charge in [0.2, 0.25) is 0 Å². The molecule has 0 spiro atoms. The largest absolute Gasteiger partial charge is 0.467 e. The molecule has 2 aromatic rings. The Balaban J connectivity index is 2.30. The predicted octanol–water partition coefficient (Wildman–Crippen LogP) is 3.80. The second-order valence-corrected chi connectivity index (χ2v) is 6.16. The van der Waals surface area contributed by atoms with Gasteiger partial charge in [0, 0.05) is 4.47 Å². The van der Waals surface area contributed by atoms with Crippen molar-refractivity contribution in [1.82, 2.24) is 10.3 Å². The lowest BCUT2D eigenvalue weighted by Crippen LogP contribution is -2.35. The van der Waals surface area contributed by atoms with Crippen molar-refractivity contribution in [3.8, 4) is 0 Å². The zero-order valence-electron chi connectivity index (χ0n) is 11.8. The molecule has 120 valence electrons. The molecule has 8 heteroatoms. The van der Waals surface area contributed by atoms with Gasteiger partial charge in [0.25, 0.3) is 5.91 Å². The van der Waals surface area contributed by atoms with Crippen molar-refractivity contribution < 1.29 is 14.3 Å². The van der Waals surface area contributed by atoms with Crippen molar-refractivity contribution in [2.75, 3.05) is 7.11 Å². The van der Waals surface area contributed by atoms with Crippen LogP contribution in [0.4, 0.5) is 0 Å². The highest BCUT2D eigenvalue weighted by molar-refractivity contribution is 9.10. The third-order valence-corrected chi connectivity index (χ3v) is 3.99. The summed E-state index contributed by atoms with van der Waals surface area (Å²) < 4.78 is 5.59. The van der Waals surface area contributed by atoms with Crippen LogP contribution < -0.4 is 5.32 Å². The Kier molecular flexibility index (Phi) is 5.98. The lowest BCUT2D eigenvalue weighted by atomic mass is 10.1. The molecule has 0 bridgehead atoms. The van der Waals surface area contributed by atoms with Gasteiger partial charge in [-0.2, -0.15) is 0 Å². The van der Waals surface area contributed by atoms with Crippen LogP contribution in [-0.4, -0.2) is 24.0 Å². The van der Waals surface area contributed by atoms with E-state index in [9.17, 15) is 9.59 Å². The minimum absolute atomic E-state index is 0.0646. The Bertz CT molecular complexity index is 738. The van der Waals surface area contributed by atoms with E-state index in [2.05, 4.69) is 26.2 Å². The van der Waals surface area contributed by atoms with Gasteiger partial charge in [-0.3, -0.25) is 4.79 Å². The van der Waals surface area contributed by atoms with E-state index in [0.29, 0.717) is 5.56 Å². The number of ether oxygens (including phenoxy) is 1.